The summed E-state index contributed by atoms with van der Waals surface area (Å²) in [7, 11) is 0. The fourth-order valence-corrected chi connectivity index (χ4v) is 8.24. The van der Waals surface area contributed by atoms with Gasteiger partial charge < -0.3 is 8.97 Å². The molecule has 6 aromatic carbocycles. The first-order valence-electron chi connectivity index (χ1n) is 17.9. The molecule has 0 unspecified atom stereocenters. The Labute approximate surface area is 299 Å². The van der Waals surface area contributed by atoms with Crippen LogP contribution in [0.5, 0.6) is 0 Å². The van der Waals surface area contributed by atoms with E-state index < -0.39 is 0 Å². The summed E-state index contributed by atoms with van der Waals surface area (Å²) in [6.07, 6.45) is 8.56. The molecule has 0 N–H and O–H groups in total. The van der Waals surface area contributed by atoms with Gasteiger partial charge in [0.15, 0.2) is 17.5 Å². The second-order valence-electron chi connectivity index (χ2n) is 13.5. The first-order chi connectivity index (χ1) is 25.8. The molecule has 1 aliphatic carbocycles. The Morgan fingerprint density at radius 1 is 0.442 bits per heavy atom. The maximum atomic E-state index is 5.07. The first kappa shape index (κ1) is 28.9. The number of benzene rings is 6. The van der Waals surface area contributed by atoms with Crippen molar-refractivity contribution in [1.82, 2.24) is 23.9 Å². The zero-order valence-corrected chi connectivity index (χ0v) is 28.2. The van der Waals surface area contributed by atoms with Gasteiger partial charge in [0, 0.05) is 54.7 Å². The van der Waals surface area contributed by atoms with E-state index in [0.717, 1.165) is 46.3 Å². The Balaban J connectivity index is 1.18. The van der Waals surface area contributed by atoms with Gasteiger partial charge in [-0.2, -0.15) is 0 Å². The third kappa shape index (κ3) is 4.32. The van der Waals surface area contributed by atoms with Gasteiger partial charge in [0.2, 0.25) is 0 Å². The standard InChI is InChI=1S/C47H31N5/c1-3-14-30(15-4-1)45-48-46(31-16-5-2-6-17-31)50-47(49-45)33-19-13-20-34(28-33)51-39-24-11-9-22-36(39)44-41(51)27-26-37-42-29-32-18-7-10-23-38(32)52(42)40-25-12-8-21-35(40)43(37)44/h1,3-5,7-29H,2,6H2. The summed E-state index contributed by atoms with van der Waals surface area (Å²) in [5, 5.41) is 7.49. The van der Waals surface area contributed by atoms with Crippen LogP contribution in [0.1, 0.15) is 18.7 Å². The Hall–Kier alpha value is -6.85. The normalized spacial score (nSPS) is 13.3. The van der Waals surface area contributed by atoms with E-state index in [2.05, 4.69) is 155 Å². The lowest BCUT2D eigenvalue weighted by Gasteiger charge is -2.13. The minimum atomic E-state index is 0.658. The molecule has 0 atom stereocenters. The average molecular weight is 666 g/mol. The molecule has 244 valence electrons. The predicted octanol–water partition coefficient (Wildman–Crippen LogP) is 11.7. The second-order valence-corrected chi connectivity index (χ2v) is 13.5. The van der Waals surface area contributed by atoms with Crippen molar-refractivity contribution in [2.45, 2.75) is 12.8 Å². The van der Waals surface area contributed by atoms with Crippen LogP contribution in [-0.2, 0) is 0 Å². The lowest BCUT2D eigenvalue weighted by atomic mass is 9.99. The Morgan fingerprint density at radius 2 is 1.12 bits per heavy atom. The highest BCUT2D eigenvalue weighted by molar-refractivity contribution is 6.31. The Kier molecular flexibility index (Phi) is 6.31. The van der Waals surface area contributed by atoms with Crippen molar-refractivity contribution in [3.8, 4) is 28.5 Å². The van der Waals surface area contributed by atoms with Crippen LogP contribution in [0.3, 0.4) is 0 Å². The molecule has 4 aromatic heterocycles. The number of hydrogen-bond donors (Lipinski definition) is 0. The van der Waals surface area contributed by atoms with Crippen LogP contribution < -0.4 is 0 Å². The van der Waals surface area contributed by atoms with Crippen molar-refractivity contribution in [2.24, 2.45) is 0 Å². The summed E-state index contributed by atoms with van der Waals surface area (Å²) in [6, 6.07) is 52.1. The maximum Gasteiger partial charge on any atom is 0.164 e. The van der Waals surface area contributed by atoms with Crippen LogP contribution in [-0.4, -0.2) is 23.9 Å². The molecule has 10 aromatic rings. The minimum absolute atomic E-state index is 0.658. The molecule has 0 radical (unpaired) electrons. The number of fused-ring (bicyclic) bond motifs is 12. The largest absolute Gasteiger partial charge is 0.309 e. The highest BCUT2D eigenvalue weighted by Crippen LogP contribution is 2.43. The van der Waals surface area contributed by atoms with E-state index in [-0.39, 0.29) is 0 Å². The number of allylic oxidation sites excluding steroid dienone is 4. The maximum absolute atomic E-state index is 5.07. The van der Waals surface area contributed by atoms with Crippen molar-refractivity contribution < 1.29 is 0 Å². The number of para-hydroxylation sites is 3. The van der Waals surface area contributed by atoms with E-state index in [1.165, 1.54) is 48.9 Å². The Bertz CT molecular complexity index is 3130. The quantitative estimate of drug-likeness (QED) is 0.176. The molecule has 5 nitrogen and oxygen atoms in total. The number of rotatable bonds is 4. The molecule has 5 heteroatoms. The molecule has 0 saturated heterocycles. The molecular formula is C47H31N5. The van der Waals surface area contributed by atoms with Crippen LogP contribution in [0.2, 0.25) is 0 Å². The summed E-state index contributed by atoms with van der Waals surface area (Å²) in [6.45, 7) is 0. The lowest BCUT2D eigenvalue weighted by Crippen LogP contribution is -2.03. The summed E-state index contributed by atoms with van der Waals surface area (Å²) in [4.78, 5) is 15.1. The van der Waals surface area contributed by atoms with Gasteiger partial charge in [0.05, 0.1) is 27.6 Å². The molecule has 1 aliphatic rings. The summed E-state index contributed by atoms with van der Waals surface area (Å²) in [5.74, 6) is 2.03. The van der Waals surface area contributed by atoms with Crippen molar-refractivity contribution in [3.05, 3.63) is 170 Å². The first-order valence-corrected chi connectivity index (χ1v) is 17.9. The van der Waals surface area contributed by atoms with Crippen LogP contribution in [0, 0.1) is 0 Å². The zero-order chi connectivity index (χ0) is 34.2. The molecule has 0 spiro atoms. The SMILES string of the molecule is C1=CC(c2nc(-c3ccccc3)nc(-c3cccc(-n4c5ccccc5c5c6c7ccccc7n7c8ccccc8cc7c6ccc54)c3)n2)=CCC1. The van der Waals surface area contributed by atoms with Gasteiger partial charge in [-0.3, -0.25) is 0 Å². The molecule has 11 rings (SSSR count). The van der Waals surface area contributed by atoms with Crippen molar-refractivity contribution in [1.29, 1.82) is 0 Å². The van der Waals surface area contributed by atoms with Crippen molar-refractivity contribution in [3.63, 3.8) is 0 Å². The minimum Gasteiger partial charge on any atom is -0.309 e. The van der Waals surface area contributed by atoms with Gasteiger partial charge in [0.1, 0.15) is 0 Å². The molecule has 0 aliphatic heterocycles. The highest BCUT2D eigenvalue weighted by atomic mass is 15.0. The number of aromatic nitrogens is 5. The molecule has 0 fully saturated rings. The van der Waals surface area contributed by atoms with E-state index in [1.807, 2.05) is 18.2 Å². The van der Waals surface area contributed by atoms with E-state index in [4.69, 9.17) is 15.0 Å². The van der Waals surface area contributed by atoms with Crippen molar-refractivity contribution >= 4 is 65.5 Å². The second kappa shape index (κ2) is 11.3. The fraction of sp³-hybridized carbons (Fsp3) is 0.0426. The van der Waals surface area contributed by atoms with Crippen LogP contribution in [0.4, 0.5) is 0 Å². The molecule has 0 bridgehead atoms. The summed E-state index contributed by atoms with van der Waals surface area (Å²) >= 11 is 0. The number of pyridine rings is 1. The van der Waals surface area contributed by atoms with E-state index >= 15 is 0 Å². The molecule has 4 heterocycles. The summed E-state index contributed by atoms with van der Waals surface area (Å²) < 4.78 is 4.82. The average Bonchev–Trinajstić information content (AvgIpc) is 3.78. The van der Waals surface area contributed by atoms with Gasteiger partial charge in [-0.15, -0.1) is 0 Å². The third-order valence-corrected chi connectivity index (χ3v) is 10.5. The van der Waals surface area contributed by atoms with Crippen LogP contribution >= 0.6 is 0 Å². The topological polar surface area (TPSA) is 48.0 Å². The van der Waals surface area contributed by atoms with Gasteiger partial charge in [-0.25, -0.2) is 15.0 Å². The van der Waals surface area contributed by atoms with E-state index in [1.54, 1.807) is 0 Å². The molecule has 52 heavy (non-hydrogen) atoms. The number of nitrogens with zero attached hydrogens (tertiary/aromatic N) is 5. The van der Waals surface area contributed by atoms with Gasteiger partial charge >= 0.3 is 0 Å². The fourth-order valence-electron chi connectivity index (χ4n) is 8.24. The van der Waals surface area contributed by atoms with E-state index in [0.29, 0.717) is 17.5 Å². The third-order valence-electron chi connectivity index (χ3n) is 10.5. The van der Waals surface area contributed by atoms with Crippen LogP contribution in [0.25, 0.3) is 93.9 Å². The lowest BCUT2D eigenvalue weighted by molar-refractivity contribution is 1.01. The van der Waals surface area contributed by atoms with Gasteiger partial charge in [0.25, 0.3) is 0 Å². The monoisotopic (exact) mass is 665 g/mol. The zero-order valence-electron chi connectivity index (χ0n) is 28.2. The molecule has 0 saturated carbocycles. The summed E-state index contributed by atoms with van der Waals surface area (Å²) in [5.41, 5.74) is 9.98. The van der Waals surface area contributed by atoms with E-state index in [9.17, 15) is 0 Å². The number of hydrogen-bond acceptors (Lipinski definition) is 3. The van der Waals surface area contributed by atoms with Crippen LogP contribution in [0.15, 0.2) is 164 Å². The Morgan fingerprint density at radius 3 is 1.94 bits per heavy atom. The molecule has 0 amide bonds. The predicted molar refractivity (Wildman–Crippen MR) is 215 cm³/mol. The smallest absolute Gasteiger partial charge is 0.164 e. The van der Waals surface area contributed by atoms with Gasteiger partial charge in [-0.05, 0) is 55.3 Å². The molecular weight excluding hydrogens is 635 g/mol. The van der Waals surface area contributed by atoms with Crippen molar-refractivity contribution in [2.75, 3.05) is 0 Å². The highest BCUT2D eigenvalue weighted by Gasteiger charge is 2.20. The van der Waals surface area contributed by atoms with Gasteiger partial charge in [-0.1, -0.05) is 121 Å².